The number of benzene rings is 1. The molecule has 0 amide bonds. The van der Waals surface area contributed by atoms with Crippen molar-refractivity contribution < 1.29 is 13.9 Å². The fourth-order valence-electron chi connectivity index (χ4n) is 2.01. The molecule has 0 bridgehead atoms. The van der Waals surface area contributed by atoms with Crippen molar-refractivity contribution in [2.75, 3.05) is 0 Å². The number of carbonyl (C=O) groups excluding carboxylic acids is 1. The van der Waals surface area contributed by atoms with Gasteiger partial charge in [0.15, 0.2) is 11.6 Å². The van der Waals surface area contributed by atoms with E-state index >= 15 is 0 Å². The fraction of sp³-hybridized carbons (Fsp3) is 0.333. The highest BCUT2D eigenvalue weighted by Gasteiger charge is 2.15. The van der Waals surface area contributed by atoms with Crippen LogP contribution in [0.5, 0.6) is 5.75 Å². The van der Waals surface area contributed by atoms with E-state index in [1.165, 1.54) is 12.1 Å². The van der Waals surface area contributed by atoms with Crippen LogP contribution in [0.3, 0.4) is 0 Å². The first kappa shape index (κ1) is 15.7. The molecule has 2 rings (SSSR count). The maximum Gasteiger partial charge on any atom is 0.165 e. The Hall–Kier alpha value is -1.69. The Kier molecular flexibility index (Phi) is 5.12. The van der Waals surface area contributed by atoms with Crippen LogP contribution in [0, 0.1) is 5.82 Å². The molecule has 0 atom stereocenters. The smallest absolute Gasteiger partial charge is 0.165 e. The molecule has 0 aliphatic rings. The predicted molar refractivity (Wildman–Crippen MR) is 81.1 cm³/mol. The van der Waals surface area contributed by atoms with Crippen molar-refractivity contribution >= 4 is 22.2 Å². The van der Waals surface area contributed by atoms with Gasteiger partial charge in [-0.3, -0.25) is 9.48 Å². The van der Waals surface area contributed by atoms with Crippen LogP contribution in [0.25, 0.3) is 0 Å². The van der Waals surface area contributed by atoms with Crippen molar-refractivity contribution in [3.8, 4) is 5.75 Å². The number of aromatic nitrogens is 2. The molecule has 112 valence electrons. The van der Waals surface area contributed by atoms with Crippen LogP contribution in [-0.4, -0.2) is 16.1 Å². The molecule has 0 aliphatic carbocycles. The normalized spacial score (nSPS) is 10.7. The molecule has 6 heteroatoms. The third-order valence-electron chi connectivity index (χ3n) is 3.15. The number of aldehydes is 1. The second-order valence-electron chi connectivity index (χ2n) is 4.47. The van der Waals surface area contributed by atoms with E-state index in [2.05, 4.69) is 21.0 Å². The monoisotopic (exact) mass is 354 g/mol. The third-order valence-corrected chi connectivity index (χ3v) is 4.07. The minimum Gasteiger partial charge on any atom is -0.484 e. The molecule has 0 aliphatic heterocycles. The Morgan fingerprint density at radius 2 is 2.19 bits per heavy atom. The van der Waals surface area contributed by atoms with E-state index in [1.807, 2.05) is 18.5 Å². The summed E-state index contributed by atoms with van der Waals surface area (Å²) in [6.07, 6.45) is 1.41. The summed E-state index contributed by atoms with van der Waals surface area (Å²) >= 11 is 3.51. The molecule has 0 N–H and O–H groups in total. The Bertz CT molecular complexity index is 655. The first-order valence-corrected chi connectivity index (χ1v) is 7.51. The van der Waals surface area contributed by atoms with E-state index in [0.717, 1.165) is 28.3 Å². The van der Waals surface area contributed by atoms with E-state index in [9.17, 15) is 9.18 Å². The van der Waals surface area contributed by atoms with Gasteiger partial charge in [-0.1, -0.05) is 6.92 Å². The quantitative estimate of drug-likeness (QED) is 0.742. The van der Waals surface area contributed by atoms with Gasteiger partial charge >= 0.3 is 0 Å². The van der Waals surface area contributed by atoms with E-state index in [-0.39, 0.29) is 17.9 Å². The molecule has 1 aromatic heterocycles. The van der Waals surface area contributed by atoms with Gasteiger partial charge in [0.1, 0.15) is 12.9 Å². The molecule has 1 heterocycles. The zero-order valence-electron chi connectivity index (χ0n) is 11.9. The molecule has 0 unspecified atom stereocenters. The molecule has 21 heavy (non-hydrogen) atoms. The number of halogens is 2. The Morgan fingerprint density at radius 1 is 1.43 bits per heavy atom. The number of ether oxygens (including phenoxy) is 1. The second kappa shape index (κ2) is 6.85. The van der Waals surface area contributed by atoms with Crippen LogP contribution in [0.4, 0.5) is 4.39 Å². The van der Waals surface area contributed by atoms with Crippen molar-refractivity contribution in [2.45, 2.75) is 33.4 Å². The van der Waals surface area contributed by atoms with Crippen LogP contribution >= 0.6 is 15.9 Å². The largest absolute Gasteiger partial charge is 0.484 e. The van der Waals surface area contributed by atoms with Gasteiger partial charge in [0, 0.05) is 12.1 Å². The van der Waals surface area contributed by atoms with Crippen LogP contribution in [0.1, 0.15) is 35.6 Å². The van der Waals surface area contributed by atoms with Gasteiger partial charge in [0.05, 0.1) is 15.9 Å². The van der Waals surface area contributed by atoms with Crippen LogP contribution in [-0.2, 0) is 19.6 Å². The fourth-order valence-corrected chi connectivity index (χ4v) is 2.69. The first-order valence-electron chi connectivity index (χ1n) is 6.72. The molecule has 0 spiro atoms. The Labute approximate surface area is 131 Å². The number of rotatable bonds is 6. The highest BCUT2D eigenvalue weighted by atomic mass is 79.9. The van der Waals surface area contributed by atoms with E-state index in [0.29, 0.717) is 12.8 Å². The molecule has 1 aromatic carbocycles. The van der Waals surface area contributed by atoms with Gasteiger partial charge in [0.2, 0.25) is 0 Å². The summed E-state index contributed by atoms with van der Waals surface area (Å²) in [6.45, 7) is 4.93. The zero-order chi connectivity index (χ0) is 15.4. The summed E-state index contributed by atoms with van der Waals surface area (Å²) in [5.74, 6) is -0.427. The van der Waals surface area contributed by atoms with Gasteiger partial charge in [-0.25, -0.2) is 4.39 Å². The summed E-state index contributed by atoms with van der Waals surface area (Å²) in [7, 11) is 0. The maximum atomic E-state index is 13.8. The summed E-state index contributed by atoms with van der Waals surface area (Å²) in [4.78, 5) is 10.6. The van der Waals surface area contributed by atoms with Crippen molar-refractivity contribution in [3.63, 3.8) is 0 Å². The van der Waals surface area contributed by atoms with Gasteiger partial charge in [-0.15, -0.1) is 0 Å². The SMILES string of the molecule is CCc1nn(CC)c(COc2ccc(C=O)cc2F)c1Br. The highest BCUT2D eigenvalue weighted by molar-refractivity contribution is 9.10. The number of carbonyl (C=O) groups is 1. The van der Waals surface area contributed by atoms with Crippen molar-refractivity contribution in [3.05, 3.63) is 45.4 Å². The molecule has 0 radical (unpaired) electrons. The van der Waals surface area contributed by atoms with Crippen molar-refractivity contribution in [1.29, 1.82) is 0 Å². The molecular formula is C15H16BrFN2O2. The first-order chi connectivity index (χ1) is 10.1. The van der Waals surface area contributed by atoms with E-state index in [1.54, 1.807) is 0 Å². The number of hydrogen-bond acceptors (Lipinski definition) is 3. The van der Waals surface area contributed by atoms with Gasteiger partial charge in [0.25, 0.3) is 0 Å². The summed E-state index contributed by atoms with van der Waals surface area (Å²) in [5.41, 5.74) is 2.10. The lowest BCUT2D eigenvalue weighted by Gasteiger charge is -2.09. The molecule has 0 saturated carbocycles. The Balaban J connectivity index is 2.20. The molecular weight excluding hydrogens is 339 g/mol. The summed E-state index contributed by atoms with van der Waals surface area (Å²) in [6, 6.07) is 4.14. The third kappa shape index (κ3) is 3.32. The van der Waals surface area contributed by atoms with Gasteiger partial charge < -0.3 is 4.74 Å². The van der Waals surface area contributed by atoms with Crippen molar-refractivity contribution in [1.82, 2.24) is 9.78 Å². The van der Waals surface area contributed by atoms with Crippen LogP contribution in [0.2, 0.25) is 0 Å². The minimum absolute atomic E-state index is 0.120. The number of aryl methyl sites for hydroxylation is 2. The number of nitrogens with zero attached hydrogens (tertiary/aromatic N) is 2. The summed E-state index contributed by atoms with van der Waals surface area (Å²) < 4.78 is 22.0. The molecule has 0 fully saturated rings. The average Bonchev–Trinajstić information content (AvgIpc) is 2.81. The minimum atomic E-state index is -0.547. The molecule has 4 nitrogen and oxygen atoms in total. The van der Waals surface area contributed by atoms with Gasteiger partial charge in [-0.05, 0) is 47.5 Å². The lowest BCUT2D eigenvalue weighted by atomic mass is 10.2. The maximum absolute atomic E-state index is 13.8. The highest BCUT2D eigenvalue weighted by Crippen LogP contribution is 2.25. The van der Waals surface area contributed by atoms with Gasteiger partial charge in [-0.2, -0.15) is 5.10 Å². The number of hydrogen-bond donors (Lipinski definition) is 0. The lowest BCUT2D eigenvalue weighted by molar-refractivity contribution is 0.112. The predicted octanol–water partition coefficient (Wildman–Crippen LogP) is 3.76. The van der Waals surface area contributed by atoms with Crippen LogP contribution < -0.4 is 4.74 Å². The van der Waals surface area contributed by atoms with Crippen molar-refractivity contribution in [2.24, 2.45) is 0 Å². The average molecular weight is 355 g/mol. The molecule has 2 aromatic rings. The van der Waals surface area contributed by atoms with E-state index < -0.39 is 5.82 Å². The molecule has 0 saturated heterocycles. The summed E-state index contributed by atoms with van der Waals surface area (Å²) in [5, 5.41) is 4.46. The van der Waals surface area contributed by atoms with Crippen LogP contribution in [0.15, 0.2) is 22.7 Å². The van der Waals surface area contributed by atoms with E-state index in [4.69, 9.17) is 4.74 Å². The standard InChI is InChI=1S/C15H16BrFN2O2/c1-3-12-15(16)13(19(4-2)18-12)9-21-14-6-5-10(8-20)7-11(14)17/h5-8H,3-4,9H2,1-2H3. The lowest BCUT2D eigenvalue weighted by Crippen LogP contribution is -2.07. The Morgan fingerprint density at radius 3 is 2.76 bits per heavy atom. The zero-order valence-corrected chi connectivity index (χ0v) is 13.5. The topological polar surface area (TPSA) is 44.1 Å². The second-order valence-corrected chi connectivity index (χ2v) is 5.27.